The van der Waals surface area contributed by atoms with Gasteiger partial charge < -0.3 is 9.84 Å². The van der Waals surface area contributed by atoms with Crippen molar-refractivity contribution in [2.24, 2.45) is 0 Å². The summed E-state index contributed by atoms with van der Waals surface area (Å²) >= 11 is 13.3. The van der Waals surface area contributed by atoms with Gasteiger partial charge in [0, 0.05) is 21.9 Å². The summed E-state index contributed by atoms with van der Waals surface area (Å²) in [5, 5.41) is 7.40. The summed E-state index contributed by atoms with van der Waals surface area (Å²) in [7, 11) is 0. The molecule has 0 saturated carbocycles. The van der Waals surface area contributed by atoms with E-state index in [4.69, 9.17) is 27.7 Å². The number of carbonyl (C=O) groups excluding carboxylic acids is 1. The zero-order valence-corrected chi connectivity index (χ0v) is 16.2. The maximum Gasteiger partial charge on any atom is 0.246 e. The molecule has 0 bridgehead atoms. The number of benzene rings is 2. The Kier molecular flexibility index (Phi) is 6.71. The quantitative estimate of drug-likeness (QED) is 0.592. The second-order valence-corrected chi connectivity index (χ2v) is 7.26. The van der Waals surface area contributed by atoms with Gasteiger partial charge in [0.15, 0.2) is 0 Å². The van der Waals surface area contributed by atoms with Gasteiger partial charge in [-0.1, -0.05) is 46.6 Å². The van der Waals surface area contributed by atoms with Crippen molar-refractivity contribution in [3.05, 3.63) is 69.8 Å². The van der Waals surface area contributed by atoms with Gasteiger partial charge >= 0.3 is 0 Å². The van der Waals surface area contributed by atoms with Crippen LogP contribution in [0.25, 0.3) is 11.4 Å². The second-order valence-electron chi connectivity index (χ2n) is 5.46. The second kappa shape index (κ2) is 9.21. The molecule has 3 rings (SSSR count). The minimum atomic E-state index is -0.381. The van der Waals surface area contributed by atoms with Crippen molar-refractivity contribution in [2.75, 3.05) is 5.75 Å². The molecule has 0 radical (unpaired) electrons. The van der Waals surface area contributed by atoms with E-state index in [9.17, 15) is 9.18 Å². The smallest absolute Gasteiger partial charge is 0.246 e. The Morgan fingerprint density at radius 1 is 1.15 bits per heavy atom. The molecule has 0 aliphatic rings. The zero-order chi connectivity index (χ0) is 19.2. The Hall–Kier alpha value is -2.09. The van der Waals surface area contributed by atoms with Crippen LogP contribution >= 0.6 is 35.0 Å². The molecule has 5 nitrogen and oxygen atoms in total. The number of nitrogens with zero attached hydrogens (tertiary/aromatic N) is 2. The molecule has 1 N–H and O–H groups in total. The molecule has 0 saturated heterocycles. The molecule has 9 heteroatoms. The molecular weight excluding hydrogens is 412 g/mol. The summed E-state index contributed by atoms with van der Waals surface area (Å²) in [6, 6.07) is 11.6. The molecule has 0 spiro atoms. The van der Waals surface area contributed by atoms with Crippen LogP contribution < -0.4 is 5.32 Å². The molecular formula is C18H14Cl2FN3O2S. The molecule has 1 aromatic heterocycles. The molecule has 1 heterocycles. The Morgan fingerprint density at radius 2 is 1.93 bits per heavy atom. The summed E-state index contributed by atoms with van der Waals surface area (Å²) in [5.41, 5.74) is 1.04. The minimum absolute atomic E-state index is 0.0945. The van der Waals surface area contributed by atoms with E-state index in [2.05, 4.69) is 15.5 Å². The van der Waals surface area contributed by atoms with Gasteiger partial charge in [-0.15, -0.1) is 11.8 Å². The molecule has 0 atom stereocenters. The van der Waals surface area contributed by atoms with E-state index in [0.29, 0.717) is 32.7 Å². The molecule has 27 heavy (non-hydrogen) atoms. The first-order chi connectivity index (χ1) is 13.0. The normalized spacial score (nSPS) is 10.8. The lowest BCUT2D eigenvalue weighted by Gasteiger charge is -2.06. The van der Waals surface area contributed by atoms with E-state index in [1.165, 1.54) is 17.8 Å². The lowest BCUT2D eigenvalue weighted by atomic mass is 10.2. The number of halogens is 3. The van der Waals surface area contributed by atoms with Crippen LogP contribution in [0.1, 0.15) is 11.5 Å². The van der Waals surface area contributed by atoms with Gasteiger partial charge in [0.05, 0.1) is 17.3 Å². The zero-order valence-electron chi connectivity index (χ0n) is 13.9. The van der Waals surface area contributed by atoms with Crippen molar-refractivity contribution in [3.63, 3.8) is 0 Å². The minimum Gasteiger partial charge on any atom is -0.346 e. The van der Waals surface area contributed by atoms with Crippen LogP contribution in [0, 0.1) is 5.82 Å². The third kappa shape index (κ3) is 5.22. The molecule has 2 aromatic carbocycles. The summed E-state index contributed by atoms with van der Waals surface area (Å²) in [5.74, 6) is 0.457. The fraction of sp³-hybridized carbons (Fsp3) is 0.167. The number of thioether (sulfide) groups is 1. The summed E-state index contributed by atoms with van der Waals surface area (Å²) < 4.78 is 18.8. The highest BCUT2D eigenvalue weighted by Gasteiger charge is 2.13. The summed E-state index contributed by atoms with van der Waals surface area (Å²) in [6.07, 6.45) is 0. The maximum absolute atomic E-state index is 13.7. The molecule has 3 aromatic rings. The first-order valence-corrected chi connectivity index (χ1v) is 9.80. The number of nitrogens with one attached hydrogen (secondary N) is 1. The fourth-order valence-corrected chi connectivity index (χ4v) is 3.64. The van der Waals surface area contributed by atoms with Crippen LogP contribution in [-0.4, -0.2) is 21.8 Å². The van der Waals surface area contributed by atoms with E-state index in [0.717, 1.165) is 0 Å². The van der Waals surface area contributed by atoms with Crippen molar-refractivity contribution in [3.8, 4) is 11.4 Å². The Bertz CT molecular complexity index is 932. The average molecular weight is 426 g/mol. The summed E-state index contributed by atoms with van der Waals surface area (Å²) in [4.78, 5) is 16.2. The number of aromatic nitrogens is 2. The van der Waals surface area contributed by atoms with Crippen molar-refractivity contribution in [1.82, 2.24) is 15.5 Å². The Balaban J connectivity index is 1.48. The van der Waals surface area contributed by atoms with E-state index >= 15 is 0 Å². The highest BCUT2D eigenvalue weighted by Crippen LogP contribution is 2.25. The van der Waals surface area contributed by atoms with E-state index in [1.54, 1.807) is 30.3 Å². The predicted octanol–water partition coefficient (Wildman–Crippen LogP) is 4.73. The third-order valence-corrected chi connectivity index (χ3v) is 5.20. The van der Waals surface area contributed by atoms with Crippen molar-refractivity contribution in [2.45, 2.75) is 12.3 Å². The maximum atomic E-state index is 13.7. The lowest BCUT2D eigenvalue weighted by molar-refractivity contribution is -0.118. The van der Waals surface area contributed by atoms with Gasteiger partial charge in [-0.05, 0) is 24.3 Å². The first-order valence-electron chi connectivity index (χ1n) is 7.89. The SMILES string of the molecule is O=C(CSCc1c(F)cccc1Cl)NCc1nc(-c2ccccc2Cl)no1. The Morgan fingerprint density at radius 3 is 2.70 bits per heavy atom. The molecule has 1 amide bonds. The van der Waals surface area contributed by atoms with Crippen molar-refractivity contribution >= 4 is 40.9 Å². The molecule has 140 valence electrons. The van der Waals surface area contributed by atoms with Gasteiger partial charge in [0.1, 0.15) is 5.82 Å². The number of carbonyl (C=O) groups is 1. The van der Waals surface area contributed by atoms with E-state index < -0.39 is 0 Å². The lowest BCUT2D eigenvalue weighted by Crippen LogP contribution is -2.24. The van der Waals surface area contributed by atoms with Gasteiger partial charge in [-0.3, -0.25) is 4.79 Å². The highest BCUT2D eigenvalue weighted by atomic mass is 35.5. The van der Waals surface area contributed by atoms with Gasteiger partial charge in [-0.25, -0.2) is 4.39 Å². The van der Waals surface area contributed by atoms with Gasteiger partial charge in [0.2, 0.25) is 17.6 Å². The largest absolute Gasteiger partial charge is 0.346 e. The van der Waals surface area contributed by atoms with Crippen LogP contribution in [0.4, 0.5) is 4.39 Å². The number of rotatable bonds is 7. The van der Waals surface area contributed by atoms with Crippen LogP contribution in [0.15, 0.2) is 47.0 Å². The monoisotopic (exact) mass is 425 g/mol. The number of amides is 1. The van der Waals surface area contributed by atoms with Crippen LogP contribution in [0.2, 0.25) is 10.0 Å². The standard InChI is InChI=1S/C18H14Cl2FN3O2S/c19-13-5-2-1-4-11(13)18-23-17(26-24-18)8-22-16(25)10-27-9-12-14(20)6-3-7-15(12)21/h1-7H,8-10H2,(H,22,25). The van der Waals surface area contributed by atoms with Gasteiger partial charge in [-0.2, -0.15) is 4.98 Å². The highest BCUT2D eigenvalue weighted by molar-refractivity contribution is 7.99. The number of hydrogen-bond donors (Lipinski definition) is 1. The third-order valence-electron chi connectivity index (χ3n) is 3.56. The molecule has 0 aliphatic carbocycles. The molecule has 0 fully saturated rings. The Labute approximate surface area is 169 Å². The number of hydrogen-bond acceptors (Lipinski definition) is 5. The van der Waals surface area contributed by atoms with Crippen molar-refractivity contribution < 1.29 is 13.7 Å². The summed E-state index contributed by atoms with van der Waals surface area (Å²) in [6.45, 7) is 0.0945. The van der Waals surface area contributed by atoms with E-state index in [-0.39, 0.29) is 29.9 Å². The van der Waals surface area contributed by atoms with Crippen LogP contribution in [0.5, 0.6) is 0 Å². The fourth-order valence-electron chi connectivity index (χ4n) is 2.22. The van der Waals surface area contributed by atoms with Crippen LogP contribution in [-0.2, 0) is 17.1 Å². The average Bonchev–Trinajstić information content (AvgIpc) is 3.11. The van der Waals surface area contributed by atoms with E-state index in [1.807, 2.05) is 6.07 Å². The van der Waals surface area contributed by atoms with Crippen LogP contribution in [0.3, 0.4) is 0 Å². The van der Waals surface area contributed by atoms with Gasteiger partial charge in [0.25, 0.3) is 0 Å². The molecule has 0 unspecified atom stereocenters. The molecule has 0 aliphatic heterocycles. The predicted molar refractivity (Wildman–Crippen MR) is 104 cm³/mol. The van der Waals surface area contributed by atoms with Crippen molar-refractivity contribution in [1.29, 1.82) is 0 Å². The topological polar surface area (TPSA) is 68.0 Å². The first kappa shape index (κ1) is 19.7.